The zero-order chi connectivity index (χ0) is 30.1. The van der Waals surface area contributed by atoms with Crippen LogP contribution in [0.4, 0.5) is 4.39 Å². The van der Waals surface area contributed by atoms with E-state index in [1.165, 1.54) is 63.0 Å². The molecule has 2 aliphatic heterocycles. The van der Waals surface area contributed by atoms with Crippen LogP contribution in [0, 0.1) is 23.6 Å². The summed E-state index contributed by atoms with van der Waals surface area (Å²) in [4.78, 5) is 18.7. The summed E-state index contributed by atoms with van der Waals surface area (Å²) in [6, 6.07) is 27.7. The number of aryl methyl sites for hydroxylation is 1. The molecule has 0 amide bonds. The summed E-state index contributed by atoms with van der Waals surface area (Å²) >= 11 is 0. The Labute approximate surface area is 263 Å². The molecule has 0 spiro atoms. The Hall–Kier alpha value is -3.02. The molecular formula is C39H49FN2O2. The van der Waals surface area contributed by atoms with Crippen LogP contribution < -0.4 is 0 Å². The smallest absolute Gasteiger partial charge is 0.323 e. The number of hydrogen-bond donors (Lipinski definition) is 0. The largest absolute Gasteiger partial charge is 0.460 e. The van der Waals surface area contributed by atoms with Crippen LogP contribution >= 0.6 is 0 Å². The first kappa shape index (κ1) is 31.0. The van der Waals surface area contributed by atoms with E-state index < -0.39 is 0 Å². The van der Waals surface area contributed by atoms with E-state index >= 15 is 0 Å². The monoisotopic (exact) mass is 596 g/mol. The van der Waals surface area contributed by atoms with Crippen LogP contribution in [0.3, 0.4) is 0 Å². The highest BCUT2D eigenvalue weighted by Crippen LogP contribution is 2.39. The van der Waals surface area contributed by atoms with Crippen LogP contribution in [-0.4, -0.2) is 54.5 Å². The lowest BCUT2D eigenvalue weighted by Gasteiger charge is -2.35. The third-order valence-corrected chi connectivity index (χ3v) is 10.6. The molecule has 0 radical (unpaired) electrons. The summed E-state index contributed by atoms with van der Waals surface area (Å²) in [5, 5.41) is 0. The highest BCUT2D eigenvalue weighted by atomic mass is 19.1. The maximum atomic E-state index is 14.4. The van der Waals surface area contributed by atoms with Crippen molar-refractivity contribution in [3.05, 3.63) is 107 Å². The number of likely N-dealkylation sites (tertiary alicyclic amines) is 2. The minimum absolute atomic E-state index is 0.101. The first-order valence-electron chi connectivity index (χ1n) is 17.1. The fourth-order valence-corrected chi connectivity index (χ4v) is 7.75. The minimum Gasteiger partial charge on any atom is -0.460 e. The Kier molecular flexibility index (Phi) is 10.8. The number of piperidine rings is 1. The van der Waals surface area contributed by atoms with Crippen molar-refractivity contribution in [2.45, 2.75) is 76.4 Å². The van der Waals surface area contributed by atoms with Crippen LogP contribution in [-0.2, 0) is 22.6 Å². The van der Waals surface area contributed by atoms with Gasteiger partial charge in [0.2, 0.25) is 0 Å². The Bertz CT molecular complexity index is 1310. The normalized spacial score (nSPS) is 22.5. The quantitative estimate of drug-likeness (QED) is 0.188. The molecule has 0 bridgehead atoms. The third-order valence-electron chi connectivity index (χ3n) is 10.6. The van der Waals surface area contributed by atoms with Gasteiger partial charge in [0.25, 0.3) is 0 Å². The van der Waals surface area contributed by atoms with E-state index in [0.29, 0.717) is 18.4 Å². The standard InChI is InChI=1S/C39H49FN2O2/c40-36-19-9-18-34(25-36)37-28-42(38(24-32-16-8-17-32)39(43)44-29-33-12-5-2-6-13-33)27-35(37)26-41-22-20-31(21-23-41)15-7-14-30-10-3-1-4-11-30/h1-6,9-13,18-19,25,31-32,35,37-38H,7-8,14-17,20-24,26-29H2/t35-,37+,38+/m0/s1. The van der Waals surface area contributed by atoms with Crippen LogP contribution in [0.2, 0.25) is 0 Å². The van der Waals surface area contributed by atoms with E-state index in [9.17, 15) is 9.18 Å². The van der Waals surface area contributed by atoms with Gasteiger partial charge in [0.05, 0.1) is 0 Å². The number of ether oxygens (including phenoxy) is 1. The maximum Gasteiger partial charge on any atom is 0.323 e. The van der Waals surface area contributed by atoms with Crippen molar-refractivity contribution in [3.8, 4) is 0 Å². The average Bonchev–Trinajstić information content (AvgIpc) is 3.44. The number of hydrogen-bond acceptors (Lipinski definition) is 4. The number of benzene rings is 3. The average molecular weight is 597 g/mol. The van der Waals surface area contributed by atoms with Crippen LogP contribution in [0.5, 0.6) is 0 Å². The lowest BCUT2D eigenvalue weighted by atomic mass is 9.80. The van der Waals surface area contributed by atoms with Crippen molar-refractivity contribution in [1.82, 2.24) is 9.80 Å². The summed E-state index contributed by atoms with van der Waals surface area (Å²) in [6.45, 7) is 5.22. The fraction of sp³-hybridized carbons (Fsp3) is 0.513. The van der Waals surface area contributed by atoms with Crippen LogP contribution in [0.1, 0.15) is 74.0 Å². The van der Waals surface area contributed by atoms with Gasteiger partial charge in [-0.3, -0.25) is 9.69 Å². The molecule has 2 heterocycles. The van der Waals surface area contributed by atoms with Gasteiger partial charge in [0, 0.05) is 25.6 Å². The summed E-state index contributed by atoms with van der Waals surface area (Å²) in [7, 11) is 0. The molecule has 6 rings (SSSR count). The molecule has 2 saturated heterocycles. The second kappa shape index (κ2) is 15.3. The molecule has 0 aromatic heterocycles. The zero-order valence-corrected chi connectivity index (χ0v) is 26.2. The van der Waals surface area contributed by atoms with E-state index in [-0.39, 0.29) is 23.7 Å². The van der Waals surface area contributed by atoms with Gasteiger partial charge in [0.15, 0.2) is 0 Å². The molecule has 0 unspecified atom stereocenters. The van der Waals surface area contributed by atoms with Crippen molar-refractivity contribution in [2.24, 2.45) is 17.8 Å². The molecule has 3 fully saturated rings. The Morgan fingerprint density at radius 2 is 1.57 bits per heavy atom. The molecule has 44 heavy (non-hydrogen) atoms. The Balaban J connectivity index is 1.09. The highest BCUT2D eigenvalue weighted by molar-refractivity contribution is 5.76. The highest BCUT2D eigenvalue weighted by Gasteiger charge is 2.42. The van der Waals surface area contributed by atoms with Crippen LogP contribution in [0.25, 0.3) is 0 Å². The lowest BCUT2D eigenvalue weighted by Crippen LogP contribution is -2.44. The molecule has 3 aromatic rings. The van der Waals surface area contributed by atoms with Gasteiger partial charge in [-0.15, -0.1) is 0 Å². The molecular weight excluding hydrogens is 547 g/mol. The van der Waals surface area contributed by atoms with Gasteiger partial charge in [-0.1, -0.05) is 98.5 Å². The van der Waals surface area contributed by atoms with E-state index in [2.05, 4.69) is 46.2 Å². The molecule has 234 valence electrons. The zero-order valence-electron chi connectivity index (χ0n) is 26.2. The van der Waals surface area contributed by atoms with E-state index in [1.807, 2.05) is 36.4 Å². The molecule has 4 nitrogen and oxygen atoms in total. The number of esters is 1. The number of carbonyl (C=O) groups is 1. The van der Waals surface area contributed by atoms with Crippen molar-refractivity contribution in [1.29, 1.82) is 0 Å². The van der Waals surface area contributed by atoms with E-state index in [1.54, 1.807) is 6.07 Å². The number of carbonyl (C=O) groups excluding carboxylic acids is 1. The van der Waals surface area contributed by atoms with Crippen molar-refractivity contribution in [3.63, 3.8) is 0 Å². The molecule has 1 saturated carbocycles. The number of rotatable bonds is 13. The van der Waals surface area contributed by atoms with Crippen molar-refractivity contribution in [2.75, 3.05) is 32.7 Å². The predicted molar refractivity (Wildman–Crippen MR) is 175 cm³/mol. The molecule has 0 N–H and O–H groups in total. The molecule has 5 heteroatoms. The van der Waals surface area contributed by atoms with Crippen molar-refractivity contribution < 1.29 is 13.9 Å². The van der Waals surface area contributed by atoms with E-state index in [0.717, 1.165) is 56.2 Å². The van der Waals surface area contributed by atoms with Gasteiger partial charge >= 0.3 is 5.97 Å². The SMILES string of the molecule is O=C(OCc1ccccc1)[C@@H](CC1CCC1)N1C[C@H](CN2CCC(CCCc3ccccc3)CC2)[C@@H](c2cccc(F)c2)C1. The van der Waals surface area contributed by atoms with Gasteiger partial charge in [0.1, 0.15) is 18.5 Å². The molecule has 3 atom stereocenters. The van der Waals surface area contributed by atoms with E-state index in [4.69, 9.17) is 4.74 Å². The number of nitrogens with zero attached hydrogens (tertiary/aromatic N) is 2. The Morgan fingerprint density at radius 1 is 0.841 bits per heavy atom. The topological polar surface area (TPSA) is 32.8 Å². The second-order valence-corrected chi connectivity index (χ2v) is 13.6. The number of halogens is 1. The first-order chi connectivity index (χ1) is 21.6. The predicted octanol–water partition coefficient (Wildman–Crippen LogP) is 7.88. The third kappa shape index (κ3) is 8.37. The first-order valence-corrected chi connectivity index (χ1v) is 17.1. The van der Waals surface area contributed by atoms with Gasteiger partial charge in [-0.25, -0.2) is 4.39 Å². The minimum atomic E-state index is -0.236. The summed E-state index contributed by atoms with van der Waals surface area (Å²) in [5.41, 5.74) is 3.52. The van der Waals surface area contributed by atoms with Crippen molar-refractivity contribution >= 4 is 5.97 Å². The Morgan fingerprint density at radius 3 is 2.25 bits per heavy atom. The lowest BCUT2D eigenvalue weighted by molar-refractivity contribution is -0.152. The van der Waals surface area contributed by atoms with Gasteiger partial charge in [-0.2, -0.15) is 0 Å². The van der Waals surface area contributed by atoms with Gasteiger partial charge in [-0.05, 0) is 91.8 Å². The van der Waals surface area contributed by atoms with Crippen LogP contribution in [0.15, 0.2) is 84.9 Å². The summed E-state index contributed by atoms with van der Waals surface area (Å²) in [5.74, 6) is 1.69. The molecule has 1 aliphatic carbocycles. The molecule has 3 aromatic carbocycles. The fourth-order valence-electron chi connectivity index (χ4n) is 7.75. The molecule has 3 aliphatic rings. The van der Waals surface area contributed by atoms with Gasteiger partial charge < -0.3 is 9.64 Å². The second-order valence-electron chi connectivity index (χ2n) is 13.6. The summed E-state index contributed by atoms with van der Waals surface area (Å²) < 4.78 is 20.4. The maximum absolute atomic E-state index is 14.4. The summed E-state index contributed by atoms with van der Waals surface area (Å²) in [6.07, 6.45) is 10.8.